The van der Waals surface area contributed by atoms with Crippen molar-refractivity contribution < 1.29 is 21.7 Å². The molecule has 0 unspecified atom stereocenters. The summed E-state index contributed by atoms with van der Waals surface area (Å²) < 4.78 is 5.53. The van der Waals surface area contributed by atoms with Crippen LogP contribution in [0.25, 0.3) is 0 Å². The van der Waals surface area contributed by atoms with Gasteiger partial charge in [-0.15, -0.1) is 0 Å². The van der Waals surface area contributed by atoms with Crippen LogP contribution in [0.15, 0.2) is 54.0 Å². The van der Waals surface area contributed by atoms with Gasteiger partial charge in [0, 0.05) is 33.8 Å². The molecule has 30 heavy (non-hydrogen) atoms. The molecular formula is C27H50NPTi. The molecule has 0 saturated heterocycles. The molecule has 0 saturated carbocycles. The summed E-state index contributed by atoms with van der Waals surface area (Å²) in [7, 11) is -1.32. The third kappa shape index (κ3) is 17.6. The van der Waals surface area contributed by atoms with Crippen molar-refractivity contribution in [2.75, 3.05) is 18.5 Å². The minimum absolute atomic E-state index is 0. The molecule has 0 radical (unpaired) electrons. The summed E-state index contributed by atoms with van der Waals surface area (Å²) in [6, 6.07) is 0. The fraction of sp³-hybridized carbons (Fsp3) is 0.704. The number of hydrogen-bond donors (Lipinski definition) is 0. The van der Waals surface area contributed by atoms with Gasteiger partial charge < -0.3 is 0 Å². The van der Waals surface area contributed by atoms with Gasteiger partial charge >= 0.3 is 0 Å². The average Bonchev–Trinajstić information content (AvgIpc) is 3.07. The van der Waals surface area contributed by atoms with Crippen molar-refractivity contribution >= 4 is 7.05 Å². The van der Waals surface area contributed by atoms with Crippen LogP contribution in [-0.4, -0.2) is 18.5 Å². The van der Waals surface area contributed by atoms with E-state index in [4.69, 9.17) is 4.74 Å². The molecule has 0 atom stereocenters. The summed E-state index contributed by atoms with van der Waals surface area (Å²) in [5.41, 5.74) is 2.52. The second kappa shape index (κ2) is 14.1. The van der Waals surface area contributed by atoms with E-state index in [0.717, 1.165) is 6.42 Å². The van der Waals surface area contributed by atoms with Gasteiger partial charge in [-0.05, 0) is 67.1 Å². The monoisotopic (exact) mass is 467 g/mol. The van der Waals surface area contributed by atoms with Crippen molar-refractivity contribution in [3.8, 4) is 0 Å². The van der Waals surface area contributed by atoms with E-state index in [1.165, 1.54) is 43.4 Å². The van der Waals surface area contributed by atoms with E-state index in [1.54, 1.807) is 12.2 Å². The topological polar surface area (TPSA) is 12.4 Å². The van der Waals surface area contributed by atoms with Crippen LogP contribution < -0.4 is 0 Å². The molecule has 0 amide bonds. The summed E-state index contributed by atoms with van der Waals surface area (Å²) in [5.74, 6) is 0. The molecule has 0 N–H and O–H groups in total. The normalized spacial score (nSPS) is 14.2. The number of nitrogens with zero attached hydrogens (tertiary/aromatic N) is 1. The maximum Gasteiger partial charge on any atom is 0.0425 e. The molecule has 0 aliphatic heterocycles. The van der Waals surface area contributed by atoms with Crippen LogP contribution in [0.1, 0.15) is 88.0 Å². The van der Waals surface area contributed by atoms with Gasteiger partial charge in [0.25, 0.3) is 0 Å². The fourth-order valence-electron chi connectivity index (χ4n) is 2.90. The molecule has 0 aromatic heterocycles. The molecule has 1 aliphatic rings. The quantitative estimate of drug-likeness (QED) is 0.191. The Kier molecular flexibility index (Phi) is 15.1. The van der Waals surface area contributed by atoms with Gasteiger partial charge in [0.2, 0.25) is 0 Å². The fourth-order valence-corrected chi connectivity index (χ4v) is 7.82. The standard InChI is InChI=1S/C23H44NP.C4H6.Ti/c1-21(2,3)14-17-25(18-15-22(4,5)6,19-16-23(7,8)9)24-20-12-10-11-13-20;1-3-4-2;/h10-12H,13-19H2,1-9H3;3-4H,1-2H2;. The van der Waals surface area contributed by atoms with Crippen molar-refractivity contribution in [1.29, 1.82) is 0 Å². The zero-order valence-corrected chi connectivity index (χ0v) is 24.1. The maximum atomic E-state index is 5.53. The van der Waals surface area contributed by atoms with E-state index in [1.807, 2.05) is 0 Å². The summed E-state index contributed by atoms with van der Waals surface area (Å²) >= 11 is 0. The first-order chi connectivity index (χ1) is 13.1. The molecule has 0 heterocycles. The summed E-state index contributed by atoms with van der Waals surface area (Å²) in [5, 5.41) is 0. The van der Waals surface area contributed by atoms with Gasteiger partial charge in [0.05, 0.1) is 0 Å². The summed E-state index contributed by atoms with van der Waals surface area (Å²) in [6.07, 6.45) is 18.8. The van der Waals surface area contributed by atoms with E-state index in [-0.39, 0.29) is 21.7 Å². The molecule has 0 aromatic carbocycles. The van der Waals surface area contributed by atoms with E-state index in [2.05, 4.69) is 93.7 Å². The smallest absolute Gasteiger partial charge is 0.0425 e. The first-order valence-corrected chi connectivity index (χ1v) is 13.6. The second-order valence-corrected chi connectivity index (χ2v) is 15.8. The SMILES string of the molecule is C=CC=C.CC(C)(C)CCP(CCC(C)(C)C)(CCC(C)(C)C)=NC1=CC=CC1.[Ti]. The molecule has 0 fully saturated rings. The first kappa shape index (κ1) is 32.1. The Hall–Kier alpha value is -0.0957. The minimum atomic E-state index is -1.32. The van der Waals surface area contributed by atoms with Gasteiger partial charge in [0.15, 0.2) is 0 Å². The van der Waals surface area contributed by atoms with Crippen LogP contribution in [0.4, 0.5) is 0 Å². The minimum Gasteiger partial charge on any atom is -0.272 e. The van der Waals surface area contributed by atoms with Crippen LogP contribution in [-0.2, 0) is 21.7 Å². The molecule has 3 heteroatoms. The molecular weight excluding hydrogens is 417 g/mol. The molecule has 0 bridgehead atoms. The second-order valence-electron chi connectivity index (χ2n) is 12.1. The Bertz CT molecular complexity index is 560. The van der Waals surface area contributed by atoms with Crippen molar-refractivity contribution in [3.63, 3.8) is 0 Å². The number of rotatable bonds is 8. The van der Waals surface area contributed by atoms with Crippen LogP contribution in [0.2, 0.25) is 0 Å². The Morgan fingerprint density at radius 3 is 1.40 bits per heavy atom. The van der Waals surface area contributed by atoms with Gasteiger partial charge in [-0.2, -0.15) is 0 Å². The van der Waals surface area contributed by atoms with Crippen LogP contribution in [0.5, 0.6) is 0 Å². The predicted molar refractivity (Wildman–Crippen MR) is 138 cm³/mol. The first-order valence-electron chi connectivity index (χ1n) is 11.3. The van der Waals surface area contributed by atoms with Crippen molar-refractivity contribution in [1.82, 2.24) is 0 Å². The molecule has 1 nitrogen and oxygen atoms in total. The predicted octanol–water partition coefficient (Wildman–Crippen LogP) is 9.70. The van der Waals surface area contributed by atoms with Crippen LogP contribution in [0, 0.1) is 16.2 Å². The van der Waals surface area contributed by atoms with Crippen molar-refractivity contribution in [2.45, 2.75) is 88.0 Å². The molecule has 1 rings (SSSR count). The maximum absolute atomic E-state index is 5.53. The van der Waals surface area contributed by atoms with Gasteiger partial charge in [-0.3, -0.25) is 4.74 Å². The van der Waals surface area contributed by atoms with Crippen molar-refractivity contribution in [3.05, 3.63) is 49.2 Å². The Labute approximate surface area is 204 Å². The van der Waals surface area contributed by atoms with Gasteiger partial charge in [-0.25, -0.2) is 0 Å². The summed E-state index contributed by atoms with van der Waals surface area (Å²) in [4.78, 5) is 0. The third-order valence-electron chi connectivity index (χ3n) is 5.09. The molecule has 1 aliphatic carbocycles. The Balaban J connectivity index is 0. The average molecular weight is 468 g/mol. The molecule has 0 aromatic rings. The van der Waals surface area contributed by atoms with Gasteiger partial charge in [0.1, 0.15) is 0 Å². The van der Waals surface area contributed by atoms with E-state index in [0.29, 0.717) is 16.2 Å². The molecule has 172 valence electrons. The molecule has 0 spiro atoms. The zero-order chi connectivity index (χ0) is 22.8. The third-order valence-corrected chi connectivity index (χ3v) is 8.94. The van der Waals surface area contributed by atoms with Gasteiger partial charge in [-0.1, -0.05) is 99.8 Å². The Morgan fingerprint density at radius 2 is 1.17 bits per heavy atom. The largest absolute Gasteiger partial charge is 0.272 e. The van der Waals surface area contributed by atoms with E-state index >= 15 is 0 Å². The summed E-state index contributed by atoms with van der Waals surface area (Å²) in [6.45, 7) is 28.1. The Morgan fingerprint density at radius 1 is 0.800 bits per heavy atom. The van der Waals surface area contributed by atoms with Crippen molar-refractivity contribution in [2.24, 2.45) is 21.0 Å². The van der Waals surface area contributed by atoms with E-state index < -0.39 is 7.05 Å². The zero-order valence-electron chi connectivity index (χ0n) is 21.6. The van der Waals surface area contributed by atoms with E-state index in [9.17, 15) is 0 Å². The number of hydrogen-bond acceptors (Lipinski definition) is 1. The number of allylic oxidation sites excluding steroid dienone is 5. The van der Waals surface area contributed by atoms with Crippen LogP contribution in [0.3, 0.4) is 0 Å². The van der Waals surface area contributed by atoms with Crippen LogP contribution >= 0.6 is 7.05 Å².